The number of aromatic nitrogens is 1. The number of hydrogen-bond donors (Lipinski definition) is 2. The Kier molecular flexibility index (Phi) is 6.48. The number of pyridine rings is 1. The van der Waals surface area contributed by atoms with E-state index in [9.17, 15) is 14.5 Å². The first-order valence-corrected chi connectivity index (χ1v) is 9.90. The number of nitrogens with zero attached hydrogens (tertiary/aromatic N) is 4. The molecule has 2 heterocycles. The second-order valence-electron chi connectivity index (χ2n) is 7.08. The van der Waals surface area contributed by atoms with Gasteiger partial charge in [0.2, 0.25) is 5.82 Å². The molecule has 0 atom stereocenters. The molecular weight excluding hydrogens is 375 g/mol. The van der Waals surface area contributed by atoms with Crippen LogP contribution in [0.2, 0.25) is 0 Å². The van der Waals surface area contributed by atoms with Gasteiger partial charge in [-0.05, 0) is 51.0 Å². The van der Waals surface area contributed by atoms with Crippen molar-refractivity contribution in [3.05, 3.63) is 46.3 Å². The summed E-state index contributed by atoms with van der Waals surface area (Å²) in [6.45, 7) is 6.80. The molecule has 2 aromatic rings. The highest BCUT2D eigenvalue weighted by Crippen LogP contribution is 2.31. The molecule has 156 valence electrons. The fourth-order valence-electron chi connectivity index (χ4n) is 3.53. The van der Waals surface area contributed by atoms with Crippen LogP contribution < -0.4 is 20.9 Å². The van der Waals surface area contributed by atoms with E-state index in [0.29, 0.717) is 30.3 Å². The molecule has 0 saturated carbocycles. The normalized spacial score (nSPS) is 14.7. The zero-order valence-electron chi connectivity index (χ0n) is 16.8. The van der Waals surface area contributed by atoms with Crippen molar-refractivity contribution in [3.63, 3.8) is 0 Å². The lowest BCUT2D eigenvalue weighted by Crippen LogP contribution is -2.40. The molecular formula is C20H27FN6O2. The maximum absolute atomic E-state index is 14.6. The fraction of sp³-hybridized carbons (Fsp3) is 0.450. The Morgan fingerprint density at radius 2 is 1.97 bits per heavy atom. The third-order valence-electron chi connectivity index (χ3n) is 5.23. The first-order chi connectivity index (χ1) is 13.9. The molecule has 3 N–H and O–H groups in total. The zero-order chi connectivity index (χ0) is 21.0. The Balaban J connectivity index is 1.88. The molecule has 1 fully saturated rings. The van der Waals surface area contributed by atoms with Gasteiger partial charge in [0, 0.05) is 44.0 Å². The van der Waals surface area contributed by atoms with Crippen molar-refractivity contribution in [3.8, 4) is 0 Å². The summed E-state index contributed by atoms with van der Waals surface area (Å²) in [6, 6.07) is 7.96. The van der Waals surface area contributed by atoms with Gasteiger partial charge in [-0.1, -0.05) is 0 Å². The van der Waals surface area contributed by atoms with Crippen LogP contribution in [0.1, 0.15) is 26.7 Å². The van der Waals surface area contributed by atoms with E-state index in [0.717, 1.165) is 25.9 Å². The number of nitro groups is 1. The summed E-state index contributed by atoms with van der Waals surface area (Å²) < 4.78 is 14.6. The largest absolute Gasteiger partial charge is 0.370 e. The predicted molar refractivity (Wildman–Crippen MR) is 114 cm³/mol. The number of rotatable bonds is 7. The second-order valence-corrected chi connectivity index (χ2v) is 7.08. The van der Waals surface area contributed by atoms with Crippen molar-refractivity contribution < 1.29 is 9.31 Å². The van der Waals surface area contributed by atoms with Crippen molar-refractivity contribution in [1.82, 2.24) is 4.98 Å². The number of anilines is 4. The van der Waals surface area contributed by atoms with Crippen molar-refractivity contribution in [2.45, 2.75) is 32.7 Å². The van der Waals surface area contributed by atoms with Gasteiger partial charge in [-0.3, -0.25) is 10.1 Å². The molecule has 0 amide bonds. The third kappa shape index (κ3) is 4.73. The Hall–Kier alpha value is -2.94. The minimum Gasteiger partial charge on any atom is -0.370 e. The van der Waals surface area contributed by atoms with Gasteiger partial charge >= 0.3 is 5.69 Å². The van der Waals surface area contributed by atoms with E-state index in [2.05, 4.69) is 15.2 Å². The third-order valence-corrected chi connectivity index (χ3v) is 5.23. The molecule has 0 aliphatic carbocycles. The maximum atomic E-state index is 14.6. The molecule has 3 rings (SSSR count). The Labute approximate surface area is 169 Å². The van der Waals surface area contributed by atoms with Gasteiger partial charge in [-0.15, -0.1) is 0 Å². The topological polar surface area (TPSA) is 101 Å². The van der Waals surface area contributed by atoms with Gasteiger partial charge in [0.1, 0.15) is 11.6 Å². The van der Waals surface area contributed by atoms with Crippen LogP contribution in [-0.2, 0) is 0 Å². The highest BCUT2D eigenvalue weighted by Gasteiger charge is 2.22. The van der Waals surface area contributed by atoms with Gasteiger partial charge in [0.25, 0.3) is 0 Å². The monoisotopic (exact) mass is 402 g/mol. The lowest BCUT2D eigenvalue weighted by atomic mass is 10.1. The lowest BCUT2D eigenvalue weighted by molar-refractivity contribution is -0.384. The van der Waals surface area contributed by atoms with Gasteiger partial charge in [0.15, 0.2) is 0 Å². The van der Waals surface area contributed by atoms with Crippen LogP contribution in [0.15, 0.2) is 30.3 Å². The highest BCUT2D eigenvalue weighted by atomic mass is 19.1. The van der Waals surface area contributed by atoms with Crippen LogP contribution in [0.4, 0.5) is 33.1 Å². The van der Waals surface area contributed by atoms with Crippen LogP contribution in [0.25, 0.3) is 0 Å². The summed E-state index contributed by atoms with van der Waals surface area (Å²) in [6.07, 6.45) is 1.69. The van der Waals surface area contributed by atoms with Crippen LogP contribution in [0.5, 0.6) is 0 Å². The molecule has 0 bridgehead atoms. The second kappa shape index (κ2) is 9.04. The molecule has 0 radical (unpaired) electrons. The predicted octanol–water partition coefficient (Wildman–Crippen LogP) is 3.65. The molecule has 0 unspecified atom stereocenters. The van der Waals surface area contributed by atoms with Crippen LogP contribution in [0.3, 0.4) is 0 Å². The Morgan fingerprint density at radius 1 is 1.28 bits per heavy atom. The summed E-state index contributed by atoms with van der Waals surface area (Å²) in [4.78, 5) is 19.4. The zero-order valence-corrected chi connectivity index (χ0v) is 16.8. The van der Waals surface area contributed by atoms with Gasteiger partial charge < -0.3 is 20.9 Å². The molecule has 1 aromatic carbocycles. The van der Waals surface area contributed by atoms with E-state index in [1.807, 2.05) is 18.7 Å². The van der Waals surface area contributed by atoms with E-state index in [1.54, 1.807) is 18.2 Å². The highest BCUT2D eigenvalue weighted by molar-refractivity contribution is 5.69. The summed E-state index contributed by atoms with van der Waals surface area (Å²) in [5.41, 5.74) is 6.70. The minimum atomic E-state index is -0.494. The van der Waals surface area contributed by atoms with E-state index in [4.69, 9.17) is 5.73 Å². The fourth-order valence-corrected chi connectivity index (χ4v) is 3.53. The standard InChI is InChI=1S/C20H27FN6O2/c1-3-25(4-2)17-6-5-15(13-16(17)21)23-20-18(27(28)29)7-8-19(24-20)26-11-9-14(22)10-12-26/h5-8,13-14H,3-4,9-12,22H2,1-2H3,(H,23,24). The Morgan fingerprint density at radius 3 is 2.55 bits per heavy atom. The van der Waals surface area contributed by atoms with Gasteiger partial charge in [0.05, 0.1) is 10.6 Å². The molecule has 1 aliphatic heterocycles. The quantitative estimate of drug-likeness (QED) is 0.538. The SMILES string of the molecule is CCN(CC)c1ccc(Nc2nc(N3CCC(N)CC3)ccc2[N+](=O)[O-])cc1F. The van der Waals surface area contributed by atoms with Gasteiger partial charge in [-0.2, -0.15) is 0 Å². The van der Waals surface area contributed by atoms with Crippen molar-refractivity contribution in [2.24, 2.45) is 5.73 Å². The van der Waals surface area contributed by atoms with Crippen molar-refractivity contribution in [1.29, 1.82) is 0 Å². The first-order valence-electron chi connectivity index (χ1n) is 9.90. The minimum absolute atomic E-state index is 0.0948. The number of benzene rings is 1. The lowest BCUT2D eigenvalue weighted by Gasteiger charge is -2.31. The van der Waals surface area contributed by atoms with Crippen molar-refractivity contribution in [2.75, 3.05) is 41.3 Å². The summed E-state index contributed by atoms with van der Waals surface area (Å²) >= 11 is 0. The summed E-state index contributed by atoms with van der Waals surface area (Å²) in [5.74, 6) is 0.352. The number of piperidine rings is 1. The molecule has 1 aliphatic rings. The Bertz CT molecular complexity index is 866. The molecule has 8 nitrogen and oxygen atoms in total. The van der Waals surface area contributed by atoms with E-state index in [-0.39, 0.29) is 23.4 Å². The first kappa shape index (κ1) is 20.8. The number of nitrogens with two attached hydrogens (primary N) is 1. The van der Waals surface area contributed by atoms with E-state index < -0.39 is 4.92 Å². The summed E-state index contributed by atoms with van der Waals surface area (Å²) in [5, 5.41) is 14.4. The summed E-state index contributed by atoms with van der Waals surface area (Å²) in [7, 11) is 0. The molecule has 1 saturated heterocycles. The van der Waals surface area contributed by atoms with E-state index in [1.165, 1.54) is 12.1 Å². The van der Waals surface area contributed by atoms with Gasteiger partial charge in [-0.25, -0.2) is 9.37 Å². The van der Waals surface area contributed by atoms with E-state index >= 15 is 0 Å². The molecule has 0 spiro atoms. The van der Waals surface area contributed by atoms with Crippen LogP contribution in [0, 0.1) is 15.9 Å². The molecule has 9 heteroatoms. The number of nitrogens with one attached hydrogen (secondary N) is 1. The average Bonchev–Trinajstić information content (AvgIpc) is 2.70. The van der Waals surface area contributed by atoms with Crippen LogP contribution in [-0.4, -0.2) is 42.1 Å². The average molecular weight is 402 g/mol. The smallest absolute Gasteiger partial charge is 0.311 e. The van der Waals surface area contributed by atoms with Crippen molar-refractivity contribution >= 4 is 28.7 Å². The van der Waals surface area contributed by atoms with Crippen LogP contribution >= 0.6 is 0 Å². The number of halogens is 1. The molecule has 29 heavy (non-hydrogen) atoms. The maximum Gasteiger partial charge on any atom is 0.311 e. The number of hydrogen-bond acceptors (Lipinski definition) is 7. The molecule has 1 aromatic heterocycles.